The van der Waals surface area contributed by atoms with Crippen molar-refractivity contribution in [2.24, 2.45) is 5.10 Å². The minimum Gasteiger partial charge on any atom is -0.493 e. The van der Waals surface area contributed by atoms with Crippen LogP contribution in [0.25, 0.3) is 0 Å². The van der Waals surface area contributed by atoms with E-state index in [1.807, 2.05) is 0 Å². The van der Waals surface area contributed by atoms with Gasteiger partial charge in [-0.25, -0.2) is 0 Å². The number of alkyl halides is 7. The molecule has 1 aromatic carbocycles. The number of rotatable bonds is 4. The summed E-state index contributed by atoms with van der Waals surface area (Å²) in [7, 11) is 2.65. The van der Waals surface area contributed by atoms with Crippen molar-refractivity contribution in [1.82, 2.24) is 10.3 Å². The third-order valence-corrected chi connectivity index (χ3v) is 5.12. The van der Waals surface area contributed by atoms with Gasteiger partial charge in [0.15, 0.2) is 17.3 Å². The second kappa shape index (κ2) is 6.28. The van der Waals surface area contributed by atoms with E-state index in [9.17, 15) is 35.8 Å². The van der Waals surface area contributed by atoms with Gasteiger partial charge in [-0.3, -0.25) is 10.3 Å². The number of aliphatic hydroxyl groups is 1. The summed E-state index contributed by atoms with van der Waals surface area (Å²) >= 11 is 0. The molecule has 6 nitrogen and oxygen atoms in total. The molecule has 168 valence electrons. The first-order chi connectivity index (χ1) is 13.5. The van der Waals surface area contributed by atoms with E-state index in [0.717, 1.165) is 0 Å². The molecule has 0 fully saturated rings. The summed E-state index contributed by atoms with van der Waals surface area (Å²) in [5, 5.41) is 14.0. The van der Waals surface area contributed by atoms with Gasteiger partial charge >= 0.3 is 23.9 Å². The highest BCUT2D eigenvalue weighted by Crippen LogP contribution is 2.54. The molecule has 0 radical (unpaired) electrons. The lowest BCUT2D eigenvalue weighted by Crippen LogP contribution is -2.77. The summed E-state index contributed by atoms with van der Waals surface area (Å²) in [5.41, 5.74) is 0.452. The van der Waals surface area contributed by atoms with E-state index in [4.69, 9.17) is 9.47 Å². The number of fused-ring (bicyclic) bond motifs is 3. The van der Waals surface area contributed by atoms with Gasteiger partial charge in [0.25, 0.3) is 0 Å². The first kappa shape index (κ1) is 22.2. The summed E-state index contributed by atoms with van der Waals surface area (Å²) in [6, 6.07) is 2.82. The van der Waals surface area contributed by atoms with Crippen LogP contribution in [0.1, 0.15) is 25.0 Å². The largest absolute Gasteiger partial charge is 0.493 e. The number of amidine groups is 1. The van der Waals surface area contributed by atoms with Gasteiger partial charge in [-0.2, -0.15) is 35.8 Å². The van der Waals surface area contributed by atoms with E-state index >= 15 is 0 Å². The van der Waals surface area contributed by atoms with E-state index in [2.05, 4.69) is 5.10 Å². The molecule has 0 saturated carbocycles. The van der Waals surface area contributed by atoms with Crippen LogP contribution in [-0.4, -0.2) is 59.5 Å². The Kier molecular flexibility index (Phi) is 4.66. The molecule has 3 rings (SSSR count). The van der Waals surface area contributed by atoms with Crippen LogP contribution in [0.4, 0.5) is 30.7 Å². The standard InChI is InChI=1S/C17H18F7N3O3/c1-13(2)7-8-5-10(29-3)11(30-4)6-9(8)12-25-26-17(28,27(12)13)15(20,21)14(18,19)16(22,23)24/h5-6,26,28H,7H2,1-4H3. The van der Waals surface area contributed by atoms with Crippen LogP contribution in [0.5, 0.6) is 11.5 Å². The molecule has 1 atom stereocenters. The molecule has 13 heteroatoms. The molecular weight excluding hydrogens is 427 g/mol. The predicted molar refractivity (Wildman–Crippen MR) is 89.7 cm³/mol. The SMILES string of the molecule is COc1cc2c(cc1OC)C1=NNC(O)(C(F)(F)C(F)(F)C(F)(F)F)N1C(C)(C)C2. The highest BCUT2D eigenvalue weighted by molar-refractivity contribution is 6.03. The van der Waals surface area contributed by atoms with Crippen LogP contribution < -0.4 is 14.9 Å². The molecular formula is C17H18F7N3O3. The topological polar surface area (TPSA) is 66.3 Å². The number of hydrogen-bond acceptors (Lipinski definition) is 6. The van der Waals surface area contributed by atoms with Crippen molar-refractivity contribution in [2.75, 3.05) is 14.2 Å². The van der Waals surface area contributed by atoms with Crippen LogP contribution in [0.15, 0.2) is 17.2 Å². The van der Waals surface area contributed by atoms with Gasteiger partial charge in [-0.1, -0.05) is 0 Å². The maximum Gasteiger partial charge on any atom is 0.460 e. The highest BCUT2D eigenvalue weighted by Gasteiger charge is 2.83. The number of methoxy groups -OCH3 is 2. The van der Waals surface area contributed by atoms with E-state index in [1.54, 1.807) is 0 Å². The fraction of sp³-hybridized carbons (Fsp3) is 0.588. The van der Waals surface area contributed by atoms with E-state index < -0.39 is 35.2 Å². The Labute approximate surface area is 166 Å². The number of nitrogens with zero attached hydrogens (tertiary/aromatic N) is 2. The zero-order valence-electron chi connectivity index (χ0n) is 16.2. The molecule has 0 aromatic heterocycles. The quantitative estimate of drug-likeness (QED) is 0.698. The molecule has 2 aliphatic heterocycles. The summed E-state index contributed by atoms with van der Waals surface area (Å²) in [5.74, 6) is -16.7. The Morgan fingerprint density at radius 3 is 2.07 bits per heavy atom. The molecule has 2 N–H and O–H groups in total. The molecule has 30 heavy (non-hydrogen) atoms. The molecule has 1 aromatic rings. The summed E-state index contributed by atoms with van der Waals surface area (Å²) < 4.78 is 105. The maximum absolute atomic E-state index is 14.6. The Balaban J connectivity index is 2.18. The third-order valence-electron chi connectivity index (χ3n) is 5.12. The maximum atomic E-state index is 14.6. The molecule has 1 unspecified atom stereocenters. The number of benzene rings is 1. The van der Waals surface area contributed by atoms with Gasteiger partial charge in [-0.05, 0) is 38.0 Å². The van der Waals surface area contributed by atoms with E-state index in [0.29, 0.717) is 10.5 Å². The lowest BCUT2D eigenvalue weighted by atomic mass is 9.83. The fourth-order valence-corrected chi connectivity index (χ4v) is 3.72. The smallest absolute Gasteiger partial charge is 0.460 e. The average molecular weight is 445 g/mol. The Morgan fingerprint density at radius 1 is 1.03 bits per heavy atom. The molecule has 2 heterocycles. The number of hydrazone groups is 1. The molecule has 0 bridgehead atoms. The summed E-state index contributed by atoms with van der Waals surface area (Å²) in [4.78, 5) is 0.341. The minimum atomic E-state index is -6.62. The number of hydrogen-bond donors (Lipinski definition) is 2. The lowest BCUT2D eigenvalue weighted by Gasteiger charge is -2.51. The predicted octanol–water partition coefficient (Wildman–Crippen LogP) is 3.08. The van der Waals surface area contributed by atoms with Crippen molar-refractivity contribution in [3.8, 4) is 11.5 Å². The van der Waals surface area contributed by atoms with Gasteiger partial charge < -0.3 is 14.6 Å². The van der Waals surface area contributed by atoms with Gasteiger partial charge in [0.2, 0.25) is 0 Å². The fourth-order valence-electron chi connectivity index (χ4n) is 3.72. The van der Waals surface area contributed by atoms with E-state index in [1.165, 1.54) is 45.6 Å². The van der Waals surface area contributed by atoms with Crippen LogP contribution >= 0.6 is 0 Å². The monoisotopic (exact) mass is 445 g/mol. The van der Waals surface area contributed by atoms with Crippen molar-refractivity contribution in [3.63, 3.8) is 0 Å². The Hall–Kier alpha value is -2.44. The van der Waals surface area contributed by atoms with Crippen LogP contribution in [0.2, 0.25) is 0 Å². The van der Waals surface area contributed by atoms with Gasteiger partial charge in [0.05, 0.1) is 14.2 Å². The van der Waals surface area contributed by atoms with E-state index in [-0.39, 0.29) is 23.5 Å². The zero-order valence-corrected chi connectivity index (χ0v) is 16.2. The summed E-state index contributed by atoms with van der Waals surface area (Å²) in [6.45, 7) is 2.59. The van der Waals surface area contributed by atoms with Gasteiger partial charge in [0.1, 0.15) is 0 Å². The zero-order chi connectivity index (χ0) is 22.9. The van der Waals surface area contributed by atoms with Crippen LogP contribution in [0, 0.1) is 0 Å². The first-order valence-electron chi connectivity index (χ1n) is 8.50. The number of ether oxygens (including phenoxy) is 2. The number of halogens is 7. The normalized spacial score (nSPS) is 23.3. The third kappa shape index (κ3) is 2.70. The second-order valence-electron chi connectivity index (χ2n) is 7.55. The highest BCUT2D eigenvalue weighted by atomic mass is 19.4. The molecule has 2 aliphatic rings. The minimum absolute atomic E-state index is 0.0986. The Bertz CT molecular complexity index is 901. The Morgan fingerprint density at radius 2 is 1.57 bits per heavy atom. The van der Waals surface area contributed by atoms with Crippen molar-refractivity contribution >= 4 is 5.84 Å². The van der Waals surface area contributed by atoms with Crippen LogP contribution in [-0.2, 0) is 6.42 Å². The molecule has 0 spiro atoms. The van der Waals surface area contributed by atoms with Gasteiger partial charge in [-0.15, -0.1) is 0 Å². The number of nitrogens with one attached hydrogen (secondary N) is 1. The molecule has 0 saturated heterocycles. The van der Waals surface area contributed by atoms with Crippen molar-refractivity contribution in [2.45, 2.75) is 49.7 Å². The van der Waals surface area contributed by atoms with Gasteiger partial charge in [0, 0.05) is 11.1 Å². The average Bonchev–Trinajstić information content (AvgIpc) is 3.00. The van der Waals surface area contributed by atoms with Crippen molar-refractivity contribution in [3.05, 3.63) is 23.3 Å². The van der Waals surface area contributed by atoms with Crippen LogP contribution in [0.3, 0.4) is 0 Å². The lowest BCUT2D eigenvalue weighted by molar-refractivity contribution is -0.409. The second-order valence-corrected chi connectivity index (χ2v) is 7.55. The summed E-state index contributed by atoms with van der Waals surface area (Å²) in [6.07, 6.45) is -6.73. The molecule has 0 aliphatic carbocycles. The molecule has 0 amide bonds. The van der Waals surface area contributed by atoms with Crippen molar-refractivity contribution in [1.29, 1.82) is 0 Å². The van der Waals surface area contributed by atoms with Crippen molar-refractivity contribution < 1.29 is 45.3 Å². The first-order valence-corrected chi connectivity index (χ1v) is 8.50.